The fourth-order valence-corrected chi connectivity index (χ4v) is 2.10. The summed E-state index contributed by atoms with van der Waals surface area (Å²) >= 11 is 4.90. The van der Waals surface area contributed by atoms with E-state index in [1.54, 1.807) is 18.2 Å². The second kappa shape index (κ2) is 5.76. The van der Waals surface area contributed by atoms with Crippen LogP contribution in [0.15, 0.2) is 22.6 Å². The van der Waals surface area contributed by atoms with Crippen LogP contribution in [-0.2, 0) is 0 Å². The molecule has 0 fully saturated rings. The number of hydrogen-bond donors (Lipinski definition) is 3. The minimum atomic E-state index is -0.166. The molecule has 20 heavy (non-hydrogen) atoms. The van der Waals surface area contributed by atoms with Crippen molar-refractivity contribution in [2.75, 3.05) is 13.2 Å². The summed E-state index contributed by atoms with van der Waals surface area (Å²) in [6.45, 7) is 4.61. The summed E-state index contributed by atoms with van der Waals surface area (Å²) in [5.74, 6) is -0.166. The molecule has 1 aromatic carbocycles. The lowest BCUT2D eigenvalue weighted by atomic mass is 9.89. The molecule has 0 aliphatic heterocycles. The smallest absolute Gasteiger partial charge is 0.266 e. The van der Waals surface area contributed by atoms with Crippen LogP contribution < -0.4 is 5.32 Å². The van der Waals surface area contributed by atoms with Crippen molar-refractivity contribution in [2.24, 2.45) is 5.41 Å². The molecule has 0 atom stereocenters. The maximum Gasteiger partial charge on any atom is 0.266 e. The highest BCUT2D eigenvalue weighted by Gasteiger charge is 2.18. The standard InChI is InChI=1S/C14H18N2O3S/c1-14(2,5-6-17)8-15-12(18)9-3-4-10-11(7-9)19-13(20)16-10/h3-4,7,17H,5-6,8H2,1-2H3,(H,15,18)(H,16,20). The first kappa shape index (κ1) is 14.7. The maximum absolute atomic E-state index is 12.1. The minimum Gasteiger partial charge on any atom is -0.429 e. The van der Waals surface area contributed by atoms with E-state index in [1.165, 1.54) is 0 Å². The third-order valence-corrected chi connectivity index (χ3v) is 3.38. The van der Waals surface area contributed by atoms with Gasteiger partial charge in [0.1, 0.15) is 0 Å². The Morgan fingerprint density at radius 3 is 2.95 bits per heavy atom. The van der Waals surface area contributed by atoms with Crippen molar-refractivity contribution in [3.8, 4) is 0 Å². The average Bonchev–Trinajstić information content (AvgIpc) is 2.75. The molecule has 5 nitrogen and oxygen atoms in total. The topological polar surface area (TPSA) is 78.3 Å². The zero-order valence-electron chi connectivity index (χ0n) is 11.5. The summed E-state index contributed by atoms with van der Waals surface area (Å²) in [5.41, 5.74) is 1.72. The second-order valence-corrected chi connectivity index (χ2v) is 5.92. The second-order valence-electron chi connectivity index (χ2n) is 5.55. The molecule has 108 valence electrons. The Balaban J connectivity index is 2.09. The molecular weight excluding hydrogens is 276 g/mol. The molecule has 0 radical (unpaired) electrons. The Bertz CT molecular complexity index is 672. The van der Waals surface area contributed by atoms with Crippen LogP contribution >= 0.6 is 12.2 Å². The van der Waals surface area contributed by atoms with Gasteiger partial charge in [-0.2, -0.15) is 0 Å². The number of amides is 1. The van der Waals surface area contributed by atoms with Gasteiger partial charge in [-0.1, -0.05) is 13.8 Å². The van der Waals surface area contributed by atoms with Gasteiger partial charge in [0.2, 0.25) is 0 Å². The lowest BCUT2D eigenvalue weighted by molar-refractivity contribution is 0.0928. The predicted octanol–water partition coefficient (Wildman–Crippen LogP) is 2.63. The molecule has 2 rings (SSSR count). The zero-order chi connectivity index (χ0) is 14.8. The number of H-pyrrole nitrogens is 1. The van der Waals surface area contributed by atoms with Crippen molar-refractivity contribution in [1.82, 2.24) is 10.3 Å². The number of rotatable bonds is 5. The normalized spacial score (nSPS) is 11.8. The number of carbonyl (C=O) groups is 1. The van der Waals surface area contributed by atoms with Crippen molar-refractivity contribution < 1.29 is 14.3 Å². The van der Waals surface area contributed by atoms with Crippen LogP contribution in [0.4, 0.5) is 0 Å². The number of benzene rings is 1. The Kier molecular flexibility index (Phi) is 4.25. The number of aromatic nitrogens is 1. The maximum atomic E-state index is 12.1. The number of nitrogens with one attached hydrogen (secondary N) is 2. The Labute approximate surface area is 122 Å². The number of aromatic amines is 1. The van der Waals surface area contributed by atoms with Gasteiger partial charge in [0.15, 0.2) is 5.58 Å². The number of aliphatic hydroxyl groups excluding tert-OH is 1. The highest BCUT2D eigenvalue weighted by molar-refractivity contribution is 7.71. The lowest BCUT2D eigenvalue weighted by Gasteiger charge is -2.23. The van der Waals surface area contributed by atoms with E-state index >= 15 is 0 Å². The first-order valence-electron chi connectivity index (χ1n) is 6.43. The molecule has 0 spiro atoms. The van der Waals surface area contributed by atoms with E-state index in [2.05, 4.69) is 10.3 Å². The monoisotopic (exact) mass is 294 g/mol. The summed E-state index contributed by atoms with van der Waals surface area (Å²) in [5, 5.41) is 11.8. The zero-order valence-corrected chi connectivity index (χ0v) is 12.3. The van der Waals surface area contributed by atoms with E-state index < -0.39 is 0 Å². The van der Waals surface area contributed by atoms with Gasteiger partial charge in [-0.15, -0.1) is 0 Å². The van der Waals surface area contributed by atoms with E-state index in [4.69, 9.17) is 21.7 Å². The molecule has 0 saturated carbocycles. The first-order valence-corrected chi connectivity index (χ1v) is 6.84. The van der Waals surface area contributed by atoms with E-state index in [-0.39, 0.29) is 17.9 Å². The van der Waals surface area contributed by atoms with Crippen LogP contribution in [-0.4, -0.2) is 29.1 Å². The molecule has 1 amide bonds. The molecule has 3 N–H and O–H groups in total. The number of aliphatic hydroxyl groups is 1. The van der Waals surface area contributed by atoms with Crippen molar-refractivity contribution in [3.63, 3.8) is 0 Å². The van der Waals surface area contributed by atoms with Crippen molar-refractivity contribution >= 4 is 29.2 Å². The van der Waals surface area contributed by atoms with E-state index in [0.29, 0.717) is 28.9 Å². The number of fused-ring (bicyclic) bond motifs is 1. The summed E-state index contributed by atoms with van der Waals surface area (Å²) in [7, 11) is 0. The van der Waals surface area contributed by atoms with Gasteiger partial charge >= 0.3 is 0 Å². The molecule has 0 bridgehead atoms. The van der Waals surface area contributed by atoms with Gasteiger partial charge in [-0.25, -0.2) is 0 Å². The van der Waals surface area contributed by atoms with Crippen molar-refractivity contribution in [1.29, 1.82) is 0 Å². The SMILES string of the molecule is CC(C)(CCO)CNC(=O)c1ccc2[nH]c(=S)oc2c1. The molecule has 1 aromatic heterocycles. The van der Waals surface area contributed by atoms with Crippen LogP contribution in [0.1, 0.15) is 30.6 Å². The summed E-state index contributed by atoms with van der Waals surface area (Å²) < 4.78 is 5.29. The van der Waals surface area contributed by atoms with E-state index in [0.717, 1.165) is 5.52 Å². The highest BCUT2D eigenvalue weighted by atomic mass is 32.1. The quantitative estimate of drug-likeness (QED) is 0.741. The van der Waals surface area contributed by atoms with Gasteiger partial charge in [0.25, 0.3) is 10.7 Å². The minimum absolute atomic E-state index is 0.110. The summed E-state index contributed by atoms with van der Waals surface area (Å²) in [6.07, 6.45) is 0.638. The van der Waals surface area contributed by atoms with Crippen LogP contribution in [0.25, 0.3) is 11.1 Å². The number of carbonyl (C=O) groups excluding carboxylic acids is 1. The predicted molar refractivity (Wildman–Crippen MR) is 79.2 cm³/mol. The van der Waals surface area contributed by atoms with Crippen molar-refractivity contribution in [3.05, 3.63) is 28.6 Å². The van der Waals surface area contributed by atoms with Gasteiger partial charge in [-0.3, -0.25) is 4.79 Å². The summed E-state index contributed by atoms with van der Waals surface area (Å²) in [6, 6.07) is 5.15. The van der Waals surface area contributed by atoms with Crippen LogP contribution in [0, 0.1) is 10.3 Å². The lowest BCUT2D eigenvalue weighted by Crippen LogP contribution is -2.34. The van der Waals surface area contributed by atoms with Crippen LogP contribution in [0.2, 0.25) is 0 Å². The highest BCUT2D eigenvalue weighted by Crippen LogP contribution is 2.19. The summed E-state index contributed by atoms with van der Waals surface area (Å²) in [4.78, 5) is 15.3. The molecular formula is C14H18N2O3S. The first-order chi connectivity index (χ1) is 9.41. The van der Waals surface area contributed by atoms with E-state index in [9.17, 15) is 4.79 Å². The molecule has 0 unspecified atom stereocenters. The number of hydrogen-bond acceptors (Lipinski definition) is 4. The largest absolute Gasteiger partial charge is 0.429 e. The van der Waals surface area contributed by atoms with Gasteiger partial charge in [-0.05, 0) is 42.3 Å². The number of oxazole rings is 1. The Morgan fingerprint density at radius 1 is 1.50 bits per heavy atom. The Hall–Kier alpha value is -1.66. The van der Waals surface area contributed by atoms with Crippen LogP contribution in [0.3, 0.4) is 0 Å². The third-order valence-electron chi connectivity index (χ3n) is 3.20. The average molecular weight is 294 g/mol. The molecule has 0 aliphatic carbocycles. The van der Waals surface area contributed by atoms with Gasteiger partial charge < -0.3 is 19.8 Å². The van der Waals surface area contributed by atoms with Crippen molar-refractivity contribution in [2.45, 2.75) is 20.3 Å². The molecule has 0 saturated heterocycles. The van der Waals surface area contributed by atoms with Gasteiger partial charge in [0.05, 0.1) is 5.52 Å². The van der Waals surface area contributed by atoms with Gasteiger partial charge in [0, 0.05) is 18.7 Å². The molecule has 6 heteroatoms. The molecule has 0 aliphatic rings. The third kappa shape index (κ3) is 3.46. The fourth-order valence-electron chi connectivity index (χ4n) is 1.90. The molecule has 2 aromatic rings. The fraction of sp³-hybridized carbons (Fsp3) is 0.429. The molecule has 1 heterocycles. The Morgan fingerprint density at radius 2 is 2.25 bits per heavy atom. The van der Waals surface area contributed by atoms with E-state index in [1.807, 2.05) is 13.8 Å². The van der Waals surface area contributed by atoms with Crippen LogP contribution in [0.5, 0.6) is 0 Å².